The number of nitrogen functional groups attached to an aromatic ring is 1. The van der Waals surface area contributed by atoms with Crippen LogP contribution in [0.2, 0.25) is 5.02 Å². The summed E-state index contributed by atoms with van der Waals surface area (Å²) in [6.07, 6.45) is 0. The van der Waals surface area contributed by atoms with Crippen molar-refractivity contribution >= 4 is 40.7 Å². The minimum Gasteiger partial charge on any atom is -0.497 e. The van der Waals surface area contributed by atoms with Gasteiger partial charge in [0.05, 0.1) is 25.3 Å². The van der Waals surface area contributed by atoms with Crippen LogP contribution in [0.5, 0.6) is 11.5 Å². The molecule has 0 aliphatic carbocycles. The zero-order valence-electron chi connectivity index (χ0n) is 19.0. The summed E-state index contributed by atoms with van der Waals surface area (Å²) in [4.78, 5) is 9.54. The number of nitrogens with zero attached hydrogens (tertiary/aromatic N) is 3. The number of ether oxygens (including phenoxy) is 2. The molecule has 0 bridgehead atoms. The molecule has 0 radical (unpaired) electrons. The topological polar surface area (TPSA) is 75.2 Å². The van der Waals surface area contributed by atoms with Gasteiger partial charge in [0.2, 0.25) is 4.77 Å². The van der Waals surface area contributed by atoms with Gasteiger partial charge in [-0.15, -0.1) is 0 Å². The molecule has 0 fully saturated rings. The van der Waals surface area contributed by atoms with E-state index < -0.39 is 0 Å². The fourth-order valence-corrected chi connectivity index (χ4v) is 4.47. The number of nitrogens with two attached hydrogens (primary N) is 1. The lowest BCUT2D eigenvalue weighted by molar-refractivity contribution is 0.395. The Morgan fingerprint density at radius 1 is 0.857 bits per heavy atom. The highest BCUT2D eigenvalue weighted by Crippen LogP contribution is 2.39. The van der Waals surface area contributed by atoms with Crippen LogP contribution < -0.4 is 15.2 Å². The number of methoxy groups -OCH3 is 2. The van der Waals surface area contributed by atoms with Crippen LogP contribution in [0.1, 0.15) is 0 Å². The first-order chi connectivity index (χ1) is 17.0. The number of para-hydroxylation sites is 1. The smallest absolute Gasteiger partial charge is 0.207 e. The standard InChI is InChI=1S/C27H21ClN4O2S/c1-33-19-12-13-20(23(14-19)34-2)22-15-21(16-8-10-17(28)11-9-16)24-25(29)32(18-6-4-3-5-7-18)27(35)31-26(24)30-22/h3-15H,29H2,1-2H3. The van der Waals surface area contributed by atoms with Crippen molar-refractivity contribution in [2.24, 2.45) is 0 Å². The fourth-order valence-electron chi connectivity index (χ4n) is 4.05. The van der Waals surface area contributed by atoms with Gasteiger partial charge in [-0.25, -0.2) is 4.98 Å². The number of hydrogen-bond acceptors (Lipinski definition) is 6. The van der Waals surface area contributed by atoms with E-state index in [9.17, 15) is 0 Å². The van der Waals surface area contributed by atoms with Crippen molar-refractivity contribution in [3.05, 3.63) is 88.7 Å². The summed E-state index contributed by atoms with van der Waals surface area (Å²) in [5.74, 6) is 1.76. The molecule has 0 saturated heterocycles. The maximum Gasteiger partial charge on any atom is 0.207 e. The molecule has 2 heterocycles. The van der Waals surface area contributed by atoms with Gasteiger partial charge in [-0.2, -0.15) is 4.98 Å². The molecule has 0 spiro atoms. The second-order valence-corrected chi connectivity index (χ2v) is 8.58. The molecule has 8 heteroatoms. The number of pyridine rings is 1. The summed E-state index contributed by atoms with van der Waals surface area (Å²) in [5.41, 5.74) is 11.2. The van der Waals surface area contributed by atoms with Crippen molar-refractivity contribution < 1.29 is 9.47 Å². The molecule has 5 rings (SSSR count). The minimum atomic E-state index is 0.314. The number of aromatic nitrogens is 3. The number of anilines is 1. The molecule has 0 amide bonds. The average molecular weight is 501 g/mol. The van der Waals surface area contributed by atoms with Gasteiger partial charge in [0.25, 0.3) is 0 Å². The lowest BCUT2D eigenvalue weighted by Crippen LogP contribution is -2.09. The van der Waals surface area contributed by atoms with E-state index in [1.165, 1.54) is 0 Å². The lowest BCUT2D eigenvalue weighted by Gasteiger charge is -2.17. The van der Waals surface area contributed by atoms with Crippen LogP contribution in [0.3, 0.4) is 0 Å². The molecular formula is C27H21ClN4O2S. The largest absolute Gasteiger partial charge is 0.497 e. The molecule has 0 unspecified atom stereocenters. The molecular weight excluding hydrogens is 480 g/mol. The highest BCUT2D eigenvalue weighted by molar-refractivity contribution is 7.71. The van der Waals surface area contributed by atoms with E-state index in [1.807, 2.05) is 78.9 Å². The Morgan fingerprint density at radius 2 is 1.60 bits per heavy atom. The molecule has 0 aliphatic rings. The Bertz CT molecular complexity index is 1600. The van der Waals surface area contributed by atoms with Gasteiger partial charge in [0, 0.05) is 22.3 Å². The van der Waals surface area contributed by atoms with Gasteiger partial charge in [-0.05, 0) is 65.8 Å². The molecule has 0 saturated carbocycles. The van der Waals surface area contributed by atoms with Gasteiger partial charge in [0.1, 0.15) is 17.3 Å². The van der Waals surface area contributed by atoms with E-state index in [1.54, 1.807) is 18.8 Å². The molecule has 174 valence electrons. The van der Waals surface area contributed by atoms with E-state index >= 15 is 0 Å². The molecule has 0 aliphatic heterocycles. The highest BCUT2D eigenvalue weighted by atomic mass is 35.5. The SMILES string of the molecule is COc1ccc(-c2cc(-c3ccc(Cl)cc3)c3c(N)n(-c4ccccc4)c(=S)nc3n2)c(OC)c1. The number of benzene rings is 3. The first-order valence-electron chi connectivity index (χ1n) is 10.8. The number of rotatable bonds is 5. The number of halogens is 1. The van der Waals surface area contributed by atoms with Gasteiger partial charge < -0.3 is 15.2 Å². The summed E-state index contributed by atoms with van der Waals surface area (Å²) in [6, 6.07) is 24.8. The summed E-state index contributed by atoms with van der Waals surface area (Å²) in [7, 11) is 3.22. The molecule has 2 N–H and O–H groups in total. The van der Waals surface area contributed by atoms with Gasteiger partial charge in [-0.1, -0.05) is 41.9 Å². The van der Waals surface area contributed by atoms with Crippen LogP contribution in [0.4, 0.5) is 5.82 Å². The highest BCUT2D eigenvalue weighted by Gasteiger charge is 2.19. The predicted molar refractivity (Wildman–Crippen MR) is 143 cm³/mol. The van der Waals surface area contributed by atoms with Crippen LogP contribution in [-0.4, -0.2) is 28.8 Å². The van der Waals surface area contributed by atoms with Crippen molar-refractivity contribution in [1.29, 1.82) is 0 Å². The number of fused-ring (bicyclic) bond motifs is 1. The Morgan fingerprint density at radius 3 is 2.29 bits per heavy atom. The van der Waals surface area contributed by atoms with Crippen LogP contribution in [0.25, 0.3) is 39.1 Å². The third-order valence-corrected chi connectivity index (χ3v) is 6.27. The van der Waals surface area contributed by atoms with Crippen molar-refractivity contribution in [3.63, 3.8) is 0 Å². The van der Waals surface area contributed by atoms with Gasteiger partial charge in [0.15, 0.2) is 5.65 Å². The third kappa shape index (κ3) is 4.20. The van der Waals surface area contributed by atoms with Gasteiger partial charge >= 0.3 is 0 Å². The fraction of sp³-hybridized carbons (Fsp3) is 0.0741. The third-order valence-electron chi connectivity index (χ3n) is 5.74. The van der Waals surface area contributed by atoms with E-state index in [-0.39, 0.29) is 0 Å². The average Bonchev–Trinajstić information content (AvgIpc) is 2.88. The second-order valence-electron chi connectivity index (χ2n) is 7.78. The summed E-state index contributed by atoms with van der Waals surface area (Å²) >= 11 is 11.8. The van der Waals surface area contributed by atoms with Crippen molar-refractivity contribution in [1.82, 2.24) is 14.5 Å². The van der Waals surface area contributed by atoms with E-state index in [0.29, 0.717) is 43.8 Å². The van der Waals surface area contributed by atoms with Gasteiger partial charge in [-0.3, -0.25) is 4.57 Å². The van der Waals surface area contributed by atoms with Crippen LogP contribution >= 0.6 is 23.8 Å². The first kappa shape index (κ1) is 22.8. The maximum absolute atomic E-state index is 6.75. The molecule has 2 aromatic heterocycles. The van der Waals surface area contributed by atoms with Crippen LogP contribution in [0.15, 0.2) is 78.9 Å². The summed E-state index contributed by atoms with van der Waals surface area (Å²) < 4.78 is 13.1. The Hall–Kier alpha value is -3.94. The summed E-state index contributed by atoms with van der Waals surface area (Å²) in [6.45, 7) is 0. The zero-order chi connectivity index (χ0) is 24.5. The maximum atomic E-state index is 6.75. The second kappa shape index (κ2) is 9.37. The number of hydrogen-bond donors (Lipinski definition) is 1. The Balaban J connectivity index is 1.85. The minimum absolute atomic E-state index is 0.314. The Labute approximate surface area is 212 Å². The van der Waals surface area contributed by atoms with E-state index in [4.69, 9.17) is 44.0 Å². The van der Waals surface area contributed by atoms with E-state index in [2.05, 4.69) is 4.98 Å². The molecule has 6 nitrogen and oxygen atoms in total. The van der Waals surface area contributed by atoms with Crippen molar-refractivity contribution in [2.75, 3.05) is 20.0 Å². The summed E-state index contributed by atoms with van der Waals surface area (Å²) in [5, 5.41) is 1.34. The van der Waals surface area contributed by atoms with Crippen LogP contribution in [-0.2, 0) is 0 Å². The monoisotopic (exact) mass is 500 g/mol. The normalized spacial score (nSPS) is 10.9. The van der Waals surface area contributed by atoms with Crippen molar-refractivity contribution in [2.45, 2.75) is 0 Å². The van der Waals surface area contributed by atoms with Crippen LogP contribution in [0, 0.1) is 4.77 Å². The van der Waals surface area contributed by atoms with E-state index in [0.717, 1.165) is 22.4 Å². The molecule has 0 atom stereocenters. The zero-order valence-corrected chi connectivity index (χ0v) is 20.6. The predicted octanol–water partition coefficient (Wildman–Crippen LogP) is 6.74. The first-order valence-corrected chi connectivity index (χ1v) is 11.6. The molecule has 35 heavy (non-hydrogen) atoms. The Kier molecular flexibility index (Phi) is 6.11. The molecule has 3 aromatic carbocycles. The quantitative estimate of drug-likeness (QED) is 0.269. The lowest BCUT2D eigenvalue weighted by atomic mass is 9.99. The van der Waals surface area contributed by atoms with Crippen molar-refractivity contribution in [3.8, 4) is 39.6 Å². The molecule has 5 aromatic rings.